The molecule has 0 radical (unpaired) electrons. The molecule has 140 valence electrons. The van der Waals surface area contributed by atoms with Crippen molar-refractivity contribution in [1.82, 2.24) is 4.13 Å². The summed E-state index contributed by atoms with van der Waals surface area (Å²) in [6.07, 6.45) is 5.76. The molecule has 2 rings (SSSR count). The monoisotopic (exact) mass is 401 g/mol. The molecule has 0 bridgehead atoms. The Hall–Kier alpha value is -2.74. The van der Waals surface area contributed by atoms with E-state index >= 15 is 0 Å². The van der Waals surface area contributed by atoms with Crippen molar-refractivity contribution in [2.75, 3.05) is 0 Å². The van der Waals surface area contributed by atoms with Crippen LogP contribution in [-0.4, -0.2) is 16.8 Å². The quantitative estimate of drug-likeness (QED) is 0.727. The van der Waals surface area contributed by atoms with E-state index < -0.39 is 20.0 Å². The molecule has 0 aliphatic carbocycles. The molecule has 0 spiro atoms. The third-order valence-corrected chi connectivity index (χ3v) is 7.43. The van der Waals surface area contributed by atoms with E-state index in [1.807, 2.05) is 0 Å². The lowest BCUT2D eigenvalue weighted by Gasteiger charge is -2.13. The van der Waals surface area contributed by atoms with E-state index in [0.29, 0.717) is 11.1 Å². The van der Waals surface area contributed by atoms with Crippen molar-refractivity contribution in [3.8, 4) is 0 Å². The molecule has 2 aromatic rings. The second-order valence-electron chi connectivity index (χ2n) is 5.50. The average Bonchev–Trinajstić information content (AvgIpc) is 2.65. The number of benzene rings is 2. The fourth-order valence-electron chi connectivity index (χ4n) is 2.43. The van der Waals surface area contributed by atoms with E-state index in [0.717, 1.165) is 0 Å². The number of hydrogen-bond acceptors (Lipinski definition) is 4. The zero-order chi connectivity index (χ0) is 20.2. The van der Waals surface area contributed by atoms with Gasteiger partial charge in [0.15, 0.2) is 0 Å². The normalized spacial score (nSPS) is 11.6. The summed E-state index contributed by atoms with van der Waals surface area (Å²) in [5.41, 5.74) is 1.89. The second kappa shape index (κ2) is 7.87. The molecule has 27 heavy (non-hydrogen) atoms. The van der Waals surface area contributed by atoms with Crippen LogP contribution < -0.4 is 4.13 Å². The van der Waals surface area contributed by atoms with Crippen molar-refractivity contribution in [2.24, 2.45) is 0 Å². The first-order chi connectivity index (χ1) is 12.7. The third kappa shape index (κ3) is 4.33. The van der Waals surface area contributed by atoms with Crippen LogP contribution in [0.4, 0.5) is 0 Å². The summed E-state index contributed by atoms with van der Waals surface area (Å²) in [7, 11) is -8.74. The van der Waals surface area contributed by atoms with Crippen molar-refractivity contribution in [3.05, 3.63) is 85.0 Å². The second-order valence-corrected chi connectivity index (χ2v) is 9.06. The van der Waals surface area contributed by atoms with Gasteiger partial charge in [-0.1, -0.05) is 62.8 Å². The van der Waals surface area contributed by atoms with E-state index in [1.54, 1.807) is 28.4 Å². The maximum absolute atomic E-state index is 12.7. The molecule has 0 aliphatic heterocycles. The van der Waals surface area contributed by atoms with Gasteiger partial charge in [-0.3, -0.25) is 0 Å². The lowest BCUT2D eigenvalue weighted by Crippen LogP contribution is -2.31. The van der Waals surface area contributed by atoms with Crippen LogP contribution in [0.15, 0.2) is 72.5 Å². The molecule has 0 unspecified atom stereocenters. The molecule has 0 saturated carbocycles. The topological polar surface area (TPSA) is 80.3 Å². The van der Waals surface area contributed by atoms with Crippen LogP contribution in [0.5, 0.6) is 0 Å². The first kappa shape index (κ1) is 20.6. The summed E-state index contributed by atoms with van der Waals surface area (Å²) in [5, 5.41) is 0. The van der Waals surface area contributed by atoms with Crippen LogP contribution in [0, 0.1) is 0 Å². The zero-order valence-corrected chi connectivity index (χ0v) is 16.2. The van der Waals surface area contributed by atoms with E-state index in [2.05, 4.69) is 26.3 Å². The smallest absolute Gasteiger partial charge is 0.206 e. The first-order valence-electron chi connectivity index (χ1n) is 7.75. The van der Waals surface area contributed by atoms with Crippen molar-refractivity contribution in [3.63, 3.8) is 0 Å². The Balaban J connectivity index is 2.55. The van der Waals surface area contributed by atoms with Crippen molar-refractivity contribution >= 4 is 44.4 Å². The average molecular weight is 402 g/mol. The largest absolute Gasteiger partial charge is 0.254 e. The molecule has 0 aromatic heterocycles. The highest BCUT2D eigenvalue weighted by Gasteiger charge is 2.27. The molecular weight excluding hydrogens is 382 g/mol. The van der Waals surface area contributed by atoms with Crippen LogP contribution in [0.1, 0.15) is 22.3 Å². The van der Waals surface area contributed by atoms with Gasteiger partial charge in [0, 0.05) is 0 Å². The summed E-state index contributed by atoms with van der Waals surface area (Å²) < 4.78 is 52.7. The summed E-state index contributed by atoms with van der Waals surface area (Å²) in [6.45, 7) is 14.4. The highest BCUT2D eigenvalue weighted by molar-refractivity contribution is 8.04. The Morgan fingerprint density at radius 3 is 1.30 bits per heavy atom. The van der Waals surface area contributed by atoms with Gasteiger partial charge >= 0.3 is 0 Å². The Bertz CT molecular complexity index is 1050. The molecule has 0 fully saturated rings. The van der Waals surface area contributed by atoms with Crippen LogP contribution >= 0.6 is 0 Å². The molecule has 2 aromatic carbocycles. The minimum Gasteiger partial charge on any atom is -0.206 e. The molecule has 0 heterocycles. The minimum absolute atomic E-state index is 0.200. The van der Waals surface area contributed by atoms with Crippen LogP contribution in [-0.2, 0) is 20.0 Å². The third-order valence-electron chi connectivity index (χ3n) is 3.78. The summed E-state index contributed by atoms with van der Waals surface area (Å²) in [5.74, 6) is 0. The van der Waals surface area contributed by atoms with Gasteiger partial charge in [-0.05, 0) is 46.5 Å². The van der Waals surface area contributed by atoms with Crippen LogP contribution in [0.2, 0.25) is 0 Å². The van der Waals surface area contributed by atoms with Gasteiger partial charge in [0.1, 0.15) is 0 Å². The zero-order valence-electron chi connectivity index (χ0n) is 14.6. The Kier molecular flexibility index (Phi) is 6.00. The summed E-state index contributed by atoms with van der Waals surface area (Å²) >= 11 is 0. The molecule has 7 heteroatoms. The maximum Gasteiger partial charge on any atom is 0.254 e. The lowest BCUT2D eigenvalue weighted by atomic mass is 10.1. The SMILES string of the molecule is C=Cc1ccc(S(=O)(=O)NS(=O)(=O)c2ccc(C=C)cc2C=C)c(C=C)c1. The van der Waals surface area contributed by atoms with E-state index in [9.17, 15) is 16.8 Å². The van der Waals surface area contributed by atoms with Crippen LogP contribution in [0.25, 0.3) is 24.3 Å². The highest BCUT2D eigenvalue weighted by Crippen LogP contribution is 2.24. The van der Waals surface area contributed by atoms with Gasteiger partial charge in [-0.25, -0.2) is 16.8 Å². The van der Waals surface area contributed by atoms with Gasteiger partial charge in [-0.15, -0.1) is 4.13 Å². The highest BCUT2D eigenvalue weighted by atomic mass is 32.3. The Morgan fingerprint density at radius 1 is 0.630 bits per heavy atom. The lowest BCUT2D eigenvalue weighted by molar-refractivity contribution is 0.576. The molecule has 0 aliphatic rings. The molecule has 1 N–H and O–H groups in total. The Morgan fingerprint density at radius 2 is 1.00 bits per heavy atom. The minimum atomic E-state index is -4.37. The van der Waals surface area contributed by atoms with Gasteiger partial charge < -0.3 is 0 Å². The predicted octanol–water partition coefficient (Wildman–Crippen LogP) is 3.93. The van der Waals surface area contributed by atoms with E-state index in [-0.39, 0.29) is 20.9 Å². The number of sulfonamides is 2. The fourth-order valence-corrected chi connectivity index (χ4v) is 5.70. The van der Waals surface area contributed by atoms with Crippen molar-refractivity contribution < 1.29 is 16.8 Å². The van der Waals surface area contributed by atoms with E-state index in [1.165, 1.54) is 36.4 Å². The van der Waals surface area contributed by atoms with Gasteiger partial charge in [0.25, 0.3) is 20.0 Å². The van der Waals surface area contributed by atoms with E-state index in [4.69, 9.17) is 0 Å². The van der Waals surface area contributed by atoms with Gasteiger partial charge in [0.05, 0.1) is 9.79 Å². The Labute approximate surface area is 160 Å². The standard InChI is InChI=1S/C20H19NO4S2/c1-5-15-9-11-19(17(7-3)13-15)26(22,23)21-27(24,25)20-12-10-16(6-2)14-18(20)8-4/h5-14,21H,1-4H2. The number of hydrogen-bond donors (Lipinski definition) is 1. The molecule has 5 nitrogen and oxygen atoms in total. The number of nitrogens with one attached hydrogen (secondary N) is 1. The van der Waals surface area contributed by atoms with Crippen molar-refractivity contribution in [1.29, 1.82) is 0 Å². The maximum atomic E-state index is 12.7. The van der Waals surface area contributed by atoms with Gasteiger partial charge in [0.2, 0.25) is 0 Å². The first-order valence-corrected chi connectivity index (χ1v) is 10.7. The molecule has 0 saturated heterocycles. The predicted molar refractivity (Wildman–Crippen MR) is 111 cm³/mol. The van der Waals surface area contributed by atoms with Gasteiger partial charge in [-0.2, -0.15) is 0 Å². The summed E-state index contributed by atoms with van der Waals surface area (Å²) in [6, 6.07) is 8.76. The number of rotatable bonds is 8. The van der Waals surface area contributed by atoms with Crippen LogP contribution in [0.3, 0.4) is 0 Å². The molecule has 0 amide bonds. The summed E-state index contributed by atoms with van der Waals surface area (Å²) in [4.78, 5) is -0.399. The molecular formula is C20H19NO4S2. The fraction of sp³-hybridized carbons (Fsp3) is 0. The molecule has 0 atom stereocenters. The van der Waals surface area contributed by atoms with Crippen molar-refractivity contribution in [2.45, 2.75) is 9.79 Å².